The molecule has 0 aromatic carbocycles. The van der Waals surface area contributed by atoms with Gasteiger partial charge < -0.3 is 9.66 Å². The summed E-state index contributed by atoms with van der Waals surface area (Å²) in [6.45, 7) is 2.04. The first-order valence-electron chi connectivity index (χ1n) is 10.6. The molecule has 152 valence electrons. The summed E-state index contributed by atoms with van der Waals surface area (Å²) in [7, 11) is -4.01. The molecule has 0 fully saturated rings. The van der Waals surface area contributed by atoms with Crippen LogP contribution in [-0.2, 0) is 10.1 Å². The van der Waals surface area contributed by atoms with Gasteiger partial charge in [-0.1, -0.05) is 96.8 Å². The van der Waals surface area contributed by atoms with Gasteiger partial charge in [0.1, 0.15) is 0 Å². The molecule has 0 heterocycles. The van der Waals surface area contributed by atoms with Gasteiger partial charge in [-0.15, -0.1) is 0 Å². The third-order valence-corrected chi connectivity index (χ3v) is 5.69. The number of unbranched alkanes of at least 4 members (excludes halogenated alkanes) is 14. The summed E-state index contributed by atoms with van der Waals surface area (Å²) < 4.78 is 31.4. The first kappa shape index (κ1) is 29.7. The van der Waals surface area contributed by atoms with E-state index in [9.17, 15) is 18.1 Å². The van der Waals surface area contributed by atoms with Crippen LogP contribution in [0.4, 0.5) is 0 Å². The Morgan fingerprint density at radius 3 is 1.31 bits per heavy atom. The van der Waals surface area contributed by atoms with Crippen LogP contribution in [0.25, 0.3) is 0 Å². The van der Waals surface area contributed by atoms with Crippen LogP contribution in [0.2, 0.25) is 0 Å². The minimum atomic E-state index is -4.01. The van der Waals surface area contributed by atoms with Crippen LogP contribution in [0, 0.1) is 0 Å². The second-order valence-corrected chi connectivity index (χ2v) is 8.94. The Morgan fingerprint density at radius 2 is 1.00 bits per heavy atom. The Kier molecular flexibility index (Phi) is 24.2. The van der Waals surface area contributed by atoms with Gasteiger partial charge in [-0.2, -0.15) is 0 Å². The Bertz CT molecular complexity index is 374. The fourth-order valence-electron chi connectivity index (χ4n) is 3.16. The van der Waals surface area contributed by atoms with E-state index in [0.717, 1.165) is 32.1 Å². The summed E-state index contributed by atoms with van der Waals surface area (Å²) in [6, 6.07) is 0. The van der Waals surface area contributed by atoms with Crippen molar-refractivity contribution in [1.82, 2.24) is 0 Å². The molecule has 26 heavy (non-hydrogen) atoms. The summed E-state index contributed by atoms with van der Waals surface area (Å²) in [5.74, 6) is -0.201. The van der Waals surface area contributed by atoms with E-state index < -0.39 is 10.1 Å². The topological polar surface area (TPSA) is 77.4 Å². The predicted octanol–water partition coefficient (Wildman–Crippen LogP) is 2.55. The Balaban J connectivity index is 0. The van der Waals surface area contributed by atoms with Crippen molar-refractivity contribution in [2.75, 3.05) is 5.75 Å². The SMILES string of the molecule is CCC(O)CCCCCCCCCCCCCCCCCS(=O)(=O)[O-].[K+]. The van der Waals surface area contributed by atoms with Crippen LogP contribution in [0.3, 0.4) is 0 Å². The van der Waals surface area contributed by atoms with Gasteiger partial charge in [0.05, 0.1) is 16.2 Å². The molecule has 0 aliphatic rings. The van der Waals surface area contributed by atoms with Gasteiger partial charge in [0.15, 0.2) is 0 Å². The summed E-state index contributed by atoms with van der Waals surface area (Å²) in [5, 5.41) is 9.47. The van der Waals surface area contributed by atoms with E-state index >= 15 is 0 Å². The molecule has 1 unspecified atom stereocenters. The zero-order valence-corrected chi connectivity index (χ0v) is 21.3. The van der Waals surface area contributed by atoms with E-state index in [4.69, 9.17) is 0 Å². The molecular weight excluding hydrogens is 375 g/mol. The molecule has 1 atom stereocenters. The third-order valence-electron chi connectivity index (χ3n) is 4.90. The van der Waals surface area contributed by atoms with Gasteiger partial charge in [0, 0.05) is 5.75 Å². The summed E-state index contributed by atoms with van der Waals surface area (Å²) in [5.41, 5.74) is 0. The van der Waals surface area contributed by atoms with Crippen LogP contribution in [0.1, 0.15) is 116 Å². The zero-order chi connectivity index (χ0) is 18.8. The third kappa shape index (κ3) is 25.5. The Morgan fingerprint density at radius 1 is 0.692 bits per heavy atom. The molecule has 0 aliphatic carbocycles. The normalized spacial score (nSPS) is 12.7. The van der Waals surface area contributed by atoms with Crippen molar-refractivity contribution >= 4 is 10.1 Å². The van der Waals surface area contributed by atoms with Crippen molar-refractivity contribution < 1.29 is 69.5 Å². The molecule has 4 nitrogen and oxygen atoms in total. The van der Waals surface area contributed by atoms with E-state index in [1.54, 1.807) is 0 Å². The van der Waals surface area contributed by atoms with Crippen molar-refractivity contribution in [3.63, 3.8) is 0 Å². The van der Waals surface area contributed by atoms with Gasteiger partial charge in [-0.05, 0) is 19.3 Å². The molecule has 0 aliphatic heterocycles. The second-order valence-electron chi connectivity index (χ2n) is 7.42. The van der Waals surface area contributed by atoms with E-state index in [1.165, 1.54) is 70.6 Å². The Labute approximate surface area is 205 Å². The van der Waals surface area contributed by atoms with Crippen molar-refractivity contribution in [3.8, 4) is 0 Å². The molecule has 0 saturated carbocycles. The number of aliphatic hydroxyl groups is 1. The number of aliphatic hydroxyl groups excluding tert-OH is 1. The fraction of sp³-hybridized carbons (Fsp3) is 1.00. The van der Waals surface area contributed by atoms with E-state index in [-0.39, 0.29) is 63.2 Å². The van der Waals surface area contributed by atoms with Crippen LogP contribution < -0.4 is 51.4 Å². The molecular formula is C20H41KO4S. The summed E-state index contributed by atoms with van der Waals surface area (Å²) in [6.07, 6.45) is 19.6. The minimum absolute atomic E-state index is 0. The van der Waals surface area contributed by atoms with Gasteiger partial charge in [0.25, 0.3) is 0 Å². The number of hydrogen-bond donors (Lipinski definition) is 1. The van der Waals surface area contributed by atoms with Crippen molar-refractivity contribution in [2.45, 2.75) is 122 Å². The van der Waals surface area contributed by atoms with Crippen molar-refractivity contribution in [3.05, 3.63) is 0 Å². The molecule has 0 aromatic rings. The number of rotatable bonds is 19. The molecule has 6 heteroatoms. The maximum atomic E-state index is 10.5. The van der Waals surface area contributed by atoms with E-state index in [1.807, 2.05) is 6.92 Å². The first-order chi connectivity index (χ1) is 12.0. The zero-order valence-electron chi connectivity index (χ0n) is 17.4. The summed E-state index contributed by atoms with van der Waals surface area (Å²) in [4.78, 5) is 0. The second kappa shape index (κ2) is 21.2. The van der Waals surface area contributed by atoms with Gasteiger partial charge in [-0.25, -0.2) is 8.42 Å². The van der Waals surface area contributed by atoms with Crippen molar-refractivity contribution in [1.29, 1.82) is 0 Å². The van der Waals surface area contributed by atoms with E-state index in [2.05, 4.69) is 0 Å². The van der Waals surface area contributed by atoms with Crippen molar-refractivity contribution in [2.24, 2.45) is 0 Å². The monoisotopic (exact) mass is 416 g/mol. The molecule has 0 radical (unpaired) electrons. The molecule has 0 bridgehead atoms. The average molecular weight is 417 g/mol. The van der Waals surface area contributed by atoms with Gasteiger partial charge in [0.2, 0.25) is 0 Å². The van der Waals surface area contributed by atoms with Crippen LogP contribution in [0.5, 0.6) is 0 Å². The van der Waals surface area contributed by atoms with Crippen LogP contribution >= 0.6 is 0 Å². The minimum Gasteiger partial charge on any atom is -0.748 e. The molecule has 0 rings (SSSR count). The molecule has 0 spiro atoms. The molecule has 0 aromatic heterocycles. The average Bonchev–Trinajstić information content (AvgIpc) is 2.56. The largest absolute Gasteiger partial charge is 1.00 e. The maximum Gasteiger partial charge on any atom is 1.00 e. The quantitative estimate of drug-likeness (QED) is 0.199. The molecule has 0 saturated heterocycles. The van der Waals surface area contributed by atoms with Gasteiger partial charge >= 0.3 is 51.4 Å². The smallest absolute Gasteiger partial charge is 0.748 e. The molecule has 1 N–H and O–H groups in total. The Hall–Kier alpha value is 1.51. The van der Waals surface area contributed by atoms with E-state index in [0.29, 0.717) is 6.42 Å². The predicted molar refractivity (Wildman–Crippen MR) is 105 cm³/mol. The molecule has 0 amide bonds. The maximum absolute atomic E-state index is 10.5. The van der Waals surface area contributed by atoms with Crippen LogP contribution in [-0.4, -0.2) is 29.9 Å². The van der Waals surface area contributed by atoms with Crippen LogP contribution in [0.15, 0.2) is 0 Å². The van der Waals surface area contributed by atoms with Gasteiger partial charge in [-0.3, -0.25) is 0 Å². The standard InChI is InChI=1S/C20H42O4S.K/c1-2-20(21)18-16-14-12-10-8-6-4-3-5-7-9-11-13-15-17-19-25(22,23)24;/h20-21H,2-19H2,1H3,(H,22,23,24);/q;+1/p-1. The summed E-state index contributed by atoms with van der Waals surface area (Å²) >= 11 is 0. The first-order valence-corrected chi connectivity index (χ1v) is 12.1. The number of hydrogen-bond acceptors (Lipinski definition) is 4. The fourth-order valence-corrected chi connectivity index (χ4v) is 3.72.